The summed E-state index contributed by atoms with van der Waals surface area (Å²) in [5.74, 6) is 0.511. The zero-order valence-corrected chi connectivity index (χ0v) is 13.6. The van der Waals surface area contributed by atoms with Crippen molar-refractivity contribution in [1.29, 1.82) is 0 Å². The molecule has 0 amide bonds. The average Bonchev–Trinajstić information content (AvgIpc) is 3.12. The Balaban J connectivity index is 1.97. The second kappa shape index (κ2) is 5.17. The highest BCUT2D eigenvalue weighted by Gasteiger charge is 2.18. The number of aryl methyl sites for hydroxylation is 2. The van der Waals surface area contributed by atoms with Crippen molar-refractivity contribution in [2.24, 2.45) is 7.05 Å². The second-order valence-corrected chi connectivity index (χ2v) is 6.49. The smallest absolute Gasteiger partial charge is 0.135 e. The number of aromatic nitrogens is 4. The van der Waals surface area contributed by atoms with Crippen LogP contribution in [-0.4, -0.2) is 19.5 Å². The van der Waals surface area contributed by atoms with E-state index >= 15 is 0 Å². The molecule has 2 N–H and O–H groups in total. The van der Waals surface area contributed by atoms with Crippen molar-refractivity contribution in [3.63, 3.8) is 0 Å². The molecule has 0 aliphatic carbocycles. The first-order valence-electron chi connectivity index (χ1n) is 7.23. The summed E-state index contributed by atoms with van der Waals surface area (Å²) in [6, 6.07) is 10.3. The second-order valence-electron chi connectivity index (χ2n) is 5.46. The summed E-state index contributed by atoms with van der Waals surface area (Å²) in [6.07, 6.45) is 3.35. The highest BCUT2D eigenvalue weighted by Crippen LogP contribution is 2.39. The Hall–Kier alpha value is -2.73. The molecule has 0 unspecified atom stereocenters. The van der Waals surface area contributed by atoms with E-state index in [0.717, 1.165) is 32.0 Å². The van der Waals surface area contributed by atoms with Gasteiger partial charge < -0.3 is 10.3 Å². The molecule has 0 atom stereocenters. The first kappa shape index (κ1) is 13.9. The van der Waals surface area contributed by atoms with Crippen LogP contribution in [0.5, 0.6) is 0 Å². The average molecular weight is 321 g/mol. The lowest BCUT2D eigenvalue weighted by Gasteiger charge is -2.06. The third-order valence-electron chi connectivity index (χ3n) is 3.93. The number of thiophene rings is 1. The molecule has 0 bridgehead atoms. The fourth-order valence-corrected chi connectivity index (χ4v) is 3.84. The van der Waals surface area contributed by atoms with E-state index in [1.807, 2.05) is 36.1 Å². The standard InChI is InChI=1S/C17H15N5S/c1-10-5-3-4-6-11(10)14-15(22(2)9-21-14)13-7-12-16(18)19-8-20-17(12)23-13/h3-9H,1-2H3,(H2,18,19,20). The Labute approximate surface area is 137 Å². The fourth-order valence-electron chi connectivity index (χ4n) is 2.75. The lowest BCUT2D eigenvalue weighted by atomic mass is 10.0. The molecular formula is C17H15N5S. The maximum Gasteiger partial charge on any atom is 0.135 e. The summed E-state index contributed by atoms with van der Waals surface area (Å²) in [4.78, 5) is 15.0. The minimum atomic E-state index is 0.511. The molecule has 0 fully saturated rings. The van der Waals surface area contributed by atoms with E-state index in [-0.39, 0.29) is 0 Å². The highest BCUT2D eigenvalue weighted by molar-refractivity contribution is 7.21. The number of rotatable bonds is 2. The van der Waals surface area contributed by atoms with Gasteiger partial charge >= 0.3 is 0 Å². The van der Waals surface area contributed by atoms with Gasteiger partial charge in [-0.2, -0.15) is 0 Å². The summed E-state index contributed by atoms with van der Waals surface area (Å²) in [5, 5.41) is 0.893. The van der Waals surface area contributed by atoms with Gasteiger partial charge in [-0.3, -0.25) is 0 Å². The van der Waals surface area contributed by atoms with E-state index in [4.69, 9.17) is 5.73 Å². The van der Waals surface area contributed by atoms with Crippen molar-refractivity contribution < 1.29 is 0 Å². The van der Waals surface area contributed by atoms with Crippen LogP contribution in [0, 0.1) is 6.92 Å². The number of anilines is 1. The quantitative estimate of drug-likeness (QED) is 0.612. The zero-order valence-electron chi connectivity index (χ0n) is 12.8. The predicted molar refractivity (Wildman–Crippen MR) is 94.2 cm³/mol. The van der Waals surface area contributed by atoms with Gasteiger partial charge in [-0.25, -0.2) is 15.0 Å². The van der Waals surface area contributed by atoms with Gasteiger partial charge in [-0.1, -0.05) is 24.3 Å². The maximum atomic E-state index is 5.97. The molecule has 23 heavy (non-hydrogen) atoms. The minimum Gasteiger partial charge on any atom is -0.383 e. The van der Waals surface area contributed by atoms with Gasteiger partial charge in [-0.05, 0) is 18.6 Å². The van der Waals surface area contributed by atoms with Gasteiger partial charge in [0.1, 0.15) is 17.0 Å². The van der Waals surface area contributed by atoms with Gasteiger partial charge in [0.2, 0.25) is 0 Å². The predicted octanol–water partition coefficient (Wildman–Crippen LogP) is 3.65. The van der Waals surface area contributed by atoms with Gasteiger partial charge in [0, 0.05) is 12.6 Å². The summed E-state index contributed by atoms with van der Waals surface area (Å²) in [6.45, 7) is 2.10. The molecule has 114 valence electrons. The molecule has 3 aromatic heterocycles. The number of nitrogens with zero attached hydrogens (tertiary/aromatic N) is 4. The van der Waals surface area contributed by atoms with E-state index in [1.54, 1.807) is 11.3 Å². The highest BCUT2D eigenvalue weighted by atomic mass is 32.1. The lowest BCUT2D eigenvalue weighted by molar-refractivity contribution is 0.923. The Morgan fingerprint density at radius 2 is 1.96 bits per heavy atom. The van der Waals surface area contributed by atoms with Gasteiger partial charge in [0.15, 0.2) is 0 Å². The number of hydrogen-bond acceptors (Lipinski definition) is 5. The van der Waals surface area contributed by atoms with Gasteiger partial charge in [-0.15, -0.1) is 11.3 Å². The number of benzene rings is 1. The number of hydrogen-bond donors (Lipinski definition) is 1. The minimum absolute atomic E-state index is 0.511. The van der Waals surface area contributed by atoms with Crippen LogP contribution in [0.3, 0.4) is 0 Å². The molecule has 0 saturated carbocycles. The Morgan fingerprint density at radius 1 is 1.13 bits per heavy atom. The van der Waals surface area contributed by atoms with Crippen LogP contribution in [0.15, 0.2) is 43.0 Å². The molecular weight excluding hydrogens is 306 g/mol. The number of nitrogens with two attached hydrogens (primary N) is 1. The molecule has 0 spiro atoms. The molecule has 5 nitrogen and oxygen atoms in total. The molecule has 0 radical (unpaired) electrons. The van der Waals surface area contributed by atoms with Crippen molar-refractivity contribution >= 4 is 27.4 Å². The van der Waals surface area contributed by atoms with Crippen molar-refractivity contribution in [2.75, 3.05) is 5.73 Å². The fraction of sp³-hybridized carbons (Fsp3) is 0.118. The number of fused-ring (bicyclic) bond motifs is 1. The van der Waals surface area contributed by atoms with E-state index < -0.39 is 0 Å². The topological polar surface area (TPSA) is 69.6 Å². The zero-order chi connectivity index (χ0) is 16.0. The van der Waals surface area contributed by atoms with Gasteiger partial charge in [0.05, 0.1) is 28.0 Å². The summed E-state index contributed by atoms with van der Waals surface area (Å²) in [7, 11) is 2.00. The molecule has 4 aromatic rings. The van der Waals surface area contributed by atoms with Crippen molar-refractivity contribution in [3.05, 3.63) is 48.5 Å². The summed E-state index contributed by atoms with van der Waals surface area (Å²) in [5.41, 5.74) is 10.4. The lowest BCUT2D eigenvalue weighted by Crippen LogP contribution is -1.91. The van der Waals surface area contributed by atoms with Crippen molar-refractivity contribution in [2.45, 2.75) is 6.92 Å². The first-order chi connectivity index (χ1) is 11.1. The molecule has 0 aliphatic rings. The maximum absolute atomic E-state index is 5.97. The van der Waals surface area contributed by atoms with E-state index in [9.17, 15) is 0 Å². The third kappa shape index (κ3) is 2.19. The molecule has 4 rings (SSSR count). The van der Waals surface area contributed by atoms with Crippen LogP contribution in [0.25, 0.3) is 32.0 Å². The van der Waals surface area contributed by atoms with Crippen LogP contribution >= 0.6 is 11.3 Å². The van der Waals surface area contributed by atoms with Gasteiger partial charge in [0.25, 0.3) is 0 Å². The first-order valence-corrected chi connectivity index (χ1v) is 8.04. The van der Waals surface area contributed by atoms with Crippen LogP contribution in [0.1, 0.15) is 5.56 Å². The van der Waals surface area contributed by atoms with E-state index in [1.165, 1.54) is 11.9 Å². The van der Waals surface area contributed by atoms with Crippen LogP contribution in [-0.2, 0) is 7.05 Å². The van der Waals surface area contributed by atoms with Crippen molar-refractivity contribution in [1.82, 2.24) is 19.5 Å². The normalized spacial score (nSPS) is 11.2. The Kier molecular flexibility index (Phi) is 3.12. The third-order valence-corrected chi connectivity index (χ3v) is 4.98. The SMILES string of the molecule is Cc1ccccc1-c1ncn(C)c1-c1cc2c(N)ncnc2s1. The van der Waals surface area contributed by atoms with Crippen LogP contribution in [0.4, 0.5) is 5.82 Å². The molecule has 0 saturated heterocycles. The molecule has 6 heteroatoms. The molecule has 3 heterocycles. The summed E-state index contributed by atoms with van der Waals surface area (Å²) < 4.78 is 2.04. The van der Waals surface area contributed by atoms with E-state index in [0.29, 0.717) is 5.82 Å². The molecule has 0 aliphatic heterocycles. The Morgan fingerprint density at radius 3 is 2.74 bits per heavy atom. The largest absolute Gasteiger partial charge is 0.383 e. The monoisotopic (exact) mass is 321 g/mol. The van der Waals surface area contributed by atoms with Crippen molar-refractivity contribution in [3.8, 4) is 21.8 Å². The molecule has 1 aromatic carbocycles. The van der Waals surface area contributed by atoms with Crippen LogP contribution in [0.2, 0.25) is 0 Å². The number of imidazole rings is 1. The summed E-state index contributed by atoms with van der Waals surface area (Å²) >= 11 is 1.61. The van der Waals surface area contributed by atoms with Crippen LogP contribution < -0.4 is 5.73 Å². The number of nitrogen functional groups attached to an aromatic ring is 1. The Bertz CT molecular complexity index is 1010. The van der Waals surface area contributed by atoms with E-state index in [2.05, 4.69) is 34.0 Å².